The second-order valence-electron chi connectivity index (χ2n) is 26.0. The minimum atomic E-state index is -0.851. The van der Waals surface area contributed by atoms with Gasteiger partial charge in [0.1, 0.15) is 48.0 Å². The number of piperazine rings is 1. The van der Waals surface area contributed by atoms with Gasteiger partial charge in [-0.1, -0.05) is 68.4 Å². The second kappa shape index (κ2) is 22.6. The second-order valence-corrected chi connectivity index (χ2v) is 26.9. The molecule has 22 heteroatoms. The number of nitrogens with one attached hydrogen (secondary N) is 2. The summed E-state index contributed by atoms with van der Waals surface area (Å²) in [7, 11) is 0. The summed E-state index contributed by atoms with van der Waals surface area (Å²) in [5.41, 5.74) is 6.10. The Labute approximate surface area is 508 Å². The third-order valence-electron chi connectivity index (χ3n) is 19.8. The number of phenols is 1. The molecule has 7 aliphatic heterocycles. The minimum Gasteiger partial charge on any atom is -0.508 e. The van der Waals surface area contributed by atoms with E-state index in [1.165, 1.54) is 4.90 Å². The summed E-state index contributed by atoms with van der Waals surface area (Å²) in [5.74, 6) is -0.506. The van der Waals surface area contributed by atoms with Gasteiger partial charge in [0.15, 0.2) is 17.4 Å². The molecule has 3 amide bonds. The molecule has 2 unspecified atom stereocenters. The number of amides is 3. The lowest BCUT2D eigenvalue weighted by Gasteiger charge is -2.59. The van der Waals surface area contributed by atoms with Crippen LogP contribution in [0.3, 0.4) is 0 Å². The van der Waals surface area contributed by atoms with Gasteiger partial charge in [-0.25, -0.2) is 14.2 Å². The van der Waals surface area contributed by atoms with Gasteiger partial charge in [0.25, 0.3) is 0 Å². The number of aromatic nitrogens is 5. The van der Waals surface area contributed by atoms with Crippen LogP contribution < -0.4 is 25.2 Å². The number of thiazole rings is 1. The van der Waals surface area contributed by atoms with Crippen LogP contribution in [0.15, 0.2) is 76.9 Å². The molecule has 0 saturated carbocycles. The third kappa shape index (κ3) is 10.5. The summed E-state index contributed by atoms with van der Waals surface area (Å²) in [4.78, 5) is 72.0. The average Bonchev–Trinajstić information content (AvgIpc) is 1.12. The molecule has 456 valence electrons. The highest BCUT2D eigenvalue weighted by Crippen LogP contribution is 2.46. The molecule has 11 heterocycles. The summed E-state index contributed by atoms with van der Waals surface area (Å²) in [6.45, 7) is 15.1. The zero-order chi connectivity index (χ0) is 60.0. The first-order chi connectivity index (χ1) is 42.0. The van der Waals surface area contributed by atoms with Crippen molar-refractivity contribution >= 4 is 62.6 Å². The fourth-order valence-corrected chi connectivity index (χ4v) is 16.2. The molecule has 87 heavy (non-hydrogen) atoms. The Morgan fingerprint density at radius 2 is 1.75 bits per heavy atom. The quantitative estimate of drug-likeness (QED) is 0.0711. The number of rotatable bonds is 16. The number of benzene rings is 3. The van der Waals surface area contributed by atoms with E-state index in [0.29, 0.717) is 73.2 Å². The Hall–Kier alpha value is -7.53. The van der Waals surface area contributed by atoms with Gasteiger partial charge in [-0.3, -0.25) is 19.5 Å². The Kier molecular flexibility index (Phi) is 14.8. The molecule has 7 fully saturated rings. The highest BCUT2D eigenvalue weighted by Gasteiger charge is 2.56. The molecule has 14 rings (SSSR count). The van der Waals surface area contributed by atoms with Crippen molar-refractivity contribution < 1.29 is 43.0 Å². The smallest absolute Gasteiger partial charge is 0.409 e. The lowest BCUT2D eigenvalue weighted by atomic mass is 9.73. The van der Waals surface area contributed by atoms with Crippen LogP contribution >= 0.6 is 11.3 Å². The van der Waals surface area contributed by atoms with E-state index in [1.807, 2.05) is 81.7 Å². The number of likely N-dealkylation sites (tertiary alicyclic amines) is 2. The predicted octanol–water partition coefficient (Wildman–Crippen LogP) is 8.53. The van der Waals surface area contributed by atoms with Crippen LogP contribution in [0.2, 0.25) is 0 Å². The molecule has 8 atom stereocenters. The number of hydrogen-bond acceptors (Lipinski definition) is 18. The van der Waals surface area contributed by atoms with Crippen molar-refractivity contribution in [1.29, 1.82) is 0 Å². The van der Waals surface area contributed by atoms with Gasteiger partial charge in [-0.05, 0) is 111 Å². The van der Waals surface area contributed by atoms with Crippen molar-refractivity contribution in [1.82, 2.24) is 50.4 Å². The van der Waals surface area contributed by atoms with E-state index in [1.54, 1.807) is 34.6 Å². The molecule has 20 nitrogen and oxygen atoms in total. The molecule has 3 aromatic carbocycles. The zero-order valence-electron chi connectivity index (χ0n) is 49.9. The van der Waals surface area contributed by atoms with E-state index in [9.17, 15) is 24.6 Å². The fourth-order valence-electron chi connectivity index (χ4n) is 15.4. The van der Waals surface area contributed by atoms with Gasteiger partial charge in [-0.2, -0.15) is 9.97 Å². The van der Waals surface area contributed by atoms with Crippen molar-refractivity contribution in [2.24, 2.45) is 11.3 Å². The van der Waals surface area contributed by atoms with Crippen LogP contribution in [-0.4, -0.2) is 169 Å². The molecular formula is C65H75FN12O8S. The maximum absolute atomic E-state index is 17.4. The van der Waals surface area contributed by atoms with E-state index in [2.05, 4.69) is 42.4 Å². The topological polar surface area (TPSA) is 228 Å². The molecule has 0 radical (unpaired) electrons. The highest BCUT2D eigenvalue weighted by atomic mass is 32.1. The third-order valence-corrected chi connectivity index (χ3v) is 20.8. The first-order valence-corrected chi connectivity index (χ1v) is 31.9. The van der Waals surface area contributed by atoms with Gasteiger partial charge in [-0.15, -0.1) is 11.3 Å². The van der Waals surface area contributed by atoms with Gasteiger partial charge in [0.05, 0.1) is 39.2 Å². The lowest BCUT2D eigenvalue weighted by molar-refractivity contribution is -0.141. The average molecular weight is 1200 g/mol. The summed E-state index contributed by atoms with van der Waals surface area (Å²) >= 11 is 1.58. The first-order valence-electron chi connectivity index (χ1n) is 31.0. The molecule has 4 aromatic heterocycles. The molecule has 0 aliphatic carbocycles. The number of hydrogen-bond donors (Lipinski definition) is 4. The number of halogens is 1. The zero-order valence-corrected chi connectivity index (χ0v) is 50.7. The van der Waals surface area contributed by atoms with Crippen LogP contribution in [0, 0.1) is 24.1 Å². The predicted molar refractivity (Wildman–Crippen MR) is 327 cm³/mol. The van der Waals surface area contributed by atoms with Crippen molar-refractivity contribution in [3.05, 3.63) is 101 Å². The lowest BCUT2D eigenvalue weighted by Crippen LogP contribution is -2.73. The molecule has 1 spiro atoms. The Bertz CT molecular complexity index is 3780. The number of anilines is 2. The van der Waals surface area contributed by atoms with Crippen molar-refractivity contribution in [3.8, 4) is 33.5 Å². The van der Waals surface area contributed by atoms with Crippen LogP contribution in [0.25, 0.3) is 43.4 Å². The monoisotopic (exact) mass is 1200 g/mol. The number of carbonyl (C=O) groups is 3. The van der Waals surface area contributed by atoms with E-state index >= 15 is 4.39 Å². The number of pyridine rings is 1. The normalized spacial score (nSPS) is 24.7. The number of β-amino-alcohol motifs (C(OH)–C–C–N with tert-alkyl or cyclic N) is 1. The Morgan fingerprint density at radius 1 is 0.954 bits per heavy atom. The van der Waals surface area contributed by atoms with Gasteiger partial charge in [0, 0.05) is 93.6 Å². The van der Waals surface area contributed by atoms with Gasteiger partial charge < -0.3 is 54.4 Å². The fraction of sp³-hybridized carbons (Fsp3) is 0.508. The molecular weight excluding hydrogens is 1130 g/mol. The molecule has 7 saturated heterocycles. The minimum absolute atomic E-state index is 0.00809. The number of phenolic OH excluding ortho intramolecular Hbond substituents is 1. The number of aliphatic hydroxyl groups excluding tert-OH is 1. The van der Waals surface area contributed by atoms with E-state index in [0.717, 1.165) is 103 Å². The molecule has 4 N–H and O–H groups in total. The van der Waals surface area contributed by atoms with Crippen molar-refractivity contribution in [2.75, 3.05) is 75.4 Å². The van der Waals surface area contributed by atoms with E-state index in [-0.39, 0.29) is 89.4 Å². The number of nitrogens with zero attached hydrogens (tertiary/aromatic N) is 10. The number of aryl methyl sites for hydroxylation is 2. The summed E-state index contributed by atoms with van der Waals surface area (Å²) in [5, 5.41) is 35.0. The van der Waals surface area contributed by atoms with Crippen LogP contribution in [0.4, 0.5) is 20.8 Å². The Balaban J connectivity index is 0.590. The van der Waals surface area contributed by atoms with Crippen LogP contribution in [0.1, 0.15) is 107 Å². The van der Waals surface area contributed by atoms with Crippen LogP contribution in [-0.2, 0) is 20.7 Å². The highest BCUT2D eigenvalue weighted by molar-refractivity contribution is 7.13. The SMILES string of the molecule is CCc1cccc2cc(O)cc(-c3ncc4c(N5CC6CCC(C5)N6)nc(OC[C@@]56CCCN5[C@H](COC(=O)N5CC7(C5)CN(c5cc([C@@H](C(=O)N8C[C@H](O)C[C@H]8C(=O)N[C@@H](C)c8ccc(-c9scnc9C)cc8)C(C)C)on5)C7)CC6)nc4c3F)c12. The maximum Gasteiger partial charge on any atom is 0.409 e. The number of aliphatic hydroxyl groups is 1. The van der Waals surface area contributed by atoms with Crippen molar-refractivity contribution in [3.63, 3.8) is 0 Å². The maximum atomic E-state index is 17.4. The number of fused-ring (bicyclic) bond motifs is 5. The number of aromatic hydroxyl groups is 1. The van der Waals surface area contributed by atoms with E-state index < -0.39 is 23.9 Å². The standard InChI is InChI=1S/C65H75FN12O8S/c1-6-39-9-7-10-42-21-46(79)22-48(54(39)42)56-55(66)57-49(25-67-56)59(74-26-43-15-16-44(27-74)70-43)72-62(71-57)85-34-65-18-8-20-78(65)45(17-19-65)29-84-63(83)76-32-64(33-76)30-75(31-64)52-24-51(86-73-52)53(36(2)3)61(82)77-28-47(80)23-50(77)60(81)69-37(4)40-11-13-41(14-12-40)58-38(5)68-35-87-58/h7,9-14,21-22,24-25,35-37,43-45,47,50,53,70,79-80H,6,8,15-20,23,26-34H2,1-5H3,(H,69,81)/t37-,43?,44?,45-,47+,50-,53-,65-/m0/s1. The van der Waals surface area contributed by atoms with Crippen LogP contribution in [0.5, 0.6) is 11.8 Å². The summed E-state index contributed by atoms with van der Waals surface area (Å²) in [6, 6.07) is 18.5. The molecule has 7 aliphatic rings. The van der Waals surface area contributed by atoms with E-state index in [4.69, 9.17) is 28.9 Å². The van der Waals surface area contributed by atoms with Gasteiger partial charge >= 0.3 is 12.1 Å². The number of carbonyl (C=O) groups excluding carboxylic acids is 3. The van der Waals surface area contributed by atoms with Crippen molar-refractivity contribution in [2.45, 2.75) is 134 Å². The largest absolute Gasteiger partial charge is 0.508 e. The molecule has 7 aromatic rings. The molecule has 2 bridgehead atoms. The summed E-state index contributed by atoms with van der Waals surface area (Å²) in [6.07, 6.45) is 6.98. The number of ether oxygens (including phenoxy) is 2. The van der Waals surface area contributed by atoms with Gasteiger partial charge in [0.2, 0.25) is 11.8 Å². The first kappa shape index (κ1) is 57.2. The summed E-state index contributed by atoms with van der Waals surface area (Å²) < 4.78 is 36.0. The Morgan fingerprint density at radius 3 is 2.49 bits per heavy atom.